The van der Waals surface area contributed by atoms with Crippen LogP contribution in [0, 0.1) is 13.8 Å². The maximum atomic E-state index is 12.9. The topological polar surface area (TPSA) is 85.4 Å². The molecule has 1 aliphatic heterocycles. The van der Waals surface area contributed by atoms with Crippen molar-refractivity contribution in [1.82, 2.24) is 28.7 Å². The van der Waals surface area contributed by atoms with E-state index in [0.717, 1.165) is 18.5 Å². The summed E-state index contributed by atoms with van der Waals surface area (Å²) in [6.07, 6.45) is 6.74. The maximum absolute atomic E-state index is 12.9. The molecule has 1 aliphatic rings. The average Bonchev–Trinajstić information content (AvgIpc) is 3.19. The molecule has 0 bridgehead atoms. The van der Waals surface area contributed by atoms with Crippen LogP contribution in [0.1, 0.15) is 35.6 Å². The van der Waals surface area contributed by atoms with Crippen LogP contribution in [0.25, 0.3) is 5.65 Å². The van der Waals surface area contributed by atoms with E-state index in [-0.39, 0.29) is 0 Å². The van der Waals surface area contributed by atoms with Crippen LogP contribution < -0.4 is 0 Å². The Bertz CT molecular complexity index is 1060. The minimum atomic E-state index is -3.49. The number of piperidine rings is 1. The summed E-state index contributed by atoms with van der Waals surface area (Å²) in [6, 6.07) is 2.03. The third-order valence-corrected chi connectivity index (χ3v) is 7.14. The zero-order valence-electron chi connectivity index (χ0n) is 15.1. The molecule has 0 spiro atoms. The number of hydrogen-bond donors (Lipinski definition) is 0. The second-order valence-corrected chi connectivity index (χ2v) is 8.81. The van der Waals surface area contributed by atoms with E-state index >= 15 is 0 Å². The van der Waals surface area contributed by atoms with Crippen molar-refractivity contribution < 1.29 is 8.42 Å². The third-order valence-electron chi connectivity index (χ3n) is 5.14. The van der Waals surface area contributed by atoms with Crippen molar-refractivity contribution in [2.24, 2.45) is 7.05 Å². The summed E-state index contributed by atoms with van der Waals surface area (Å²) in [4.78, 5) is 4.51. The Morgan fingerprint density at radius 2 is 1.88 bits per heavy atom. The first kappa shape index (κ1) is 17.2. The lowest BCUT2D eigenvalue weighted by atomic mass is 9.89. The molecule has 8 nitrogen and oxygen atoms in total. The highest BCUT2D eigenvalue weighted by molar-refractivity contribution is 7.89. The smallest absolute Gasteiger partial charge is 0.246 e. The van der Waals surface area contributed by atoms with E-state index in [1.165, 1.54) is 11.1 Å². The molecule has 3 aromatic rings. The second-order valence-electron chi connectivity index (χ2n) is 6.91. The van der Waals surface area contributed by atoms with E-state index in [9.17, 15) is 8.42 Å². The van der Waals surface area contributed by atoms with E-state index in [4.69, 9.17) is 0 Å². The first-order chi connectivity index (χ1) is 12.4. The molecule has 0 unspecified atom stereocenters. The number of rotatable bonds is 3. The van der Waals surface area contributed by atoms with E-state index in [2.05, 4.69) is 22.1 Å². The van der Waals surface area contributed by atoms with Gasteiger partial charge in [0.15, 0.2) is 5.65 Å². The molecule has 0 aliphatic carbocycles. The molecular formula is C17H22N6O2S. The fourth-order valence-corrected chi connectivity index (χ4v) is 5.45. The van der Waals surface area contributed by atoms with E-state index in [1.807, 2.05) is 12.3 Å². The van der Waals surface area contributed by atoms with Crippen LogP contribution in [-0.4, -0.2) is 50.2 Å². The van der Waals surface area contributed by atoms with Crippen LogP contribution in [0.5, 0.6) is 0 Å². The highest BCUT2D eigenvalue weighted by atomic mass is 32.2. The first-order valence-electron chi connectivity index (χ1n) is 8.66. The molecule has 1 saturated heterocycles. The van der Waals surface area contributed by atoms with Crippen molar-refractivity contribution in [3.05, 3.63) is 41.6 Å². The summed E-state index contributed by atoms with van der Waals surface area (Å²) in [5.74, 6) is 0.324. The maximum Gasteiger partial charge on any atom is 0.246 e. The first-order valence-corrected chi connectivity index (χ1v) is 10.1. The molecule has 0 radical (unpaired) electrons. The summed E-state index contributed by atoms with van der Waals surface area (Å²) in [5.41, 5.74) is 3.77. The summed E-state index contributed by atoms with van der Waals surface area (Å²) < 4.78 is 30.8. The number of nitrogens with zero attached hydrogens (tertiary/aromatic N) is 6. The van der Waals surface area contributed by atoms with E-state index < -0.39 is 10.0 Å². The Balaban J connectivity index is 1.55. The molecule has 4 heterocycles. The van der Waals surface area contributed by atoms with Crippen LogP contribution in [0.15, 0.2) is 29.7 Å². The molecule has 0 amide bonds. The predicted molar refractivity (Wildman–Crippen MR) is 96.4 cm³/mol. The van der Waals surface area contributed by atoms with Crippen molar-refractivity contribution in [1.29, 1.82) is 0 Å². The summed E-state index contributed by atoms with van der Waals surface area (Å²) in [5, 5.41) is 8.38. The zero-order valence-corrected chi connectivity index (χ0v) is 15.9. The third kappa shape index (κ3) is 2.80. The Morgan fingerprint density at radius 1 is 1.15 bits per heavy atom. The molecule has 3 aromatic heterocycles. The summed E-state index contributed by atoms with van der Waals surface area (Å²) in [6.45, 7) is 4.83. The number of aryl methyl sites for hydroxylation is 3. The highest BCUT2D eigenvalue weighted by Gasteiger charge is 2.32. The second kappa shape index (κ2) is 6.17. The lowest BCUT2D eigenvalue weighted by molar-refractivity contribution is 0.318. The van der Waals surface area contributed by atoms with Crippen LogP contribution in [0.2, 0.25) is 0 Å². The van der Waals surface area contributed by atoms with Gasteiger partial charge in [0.1, 0.15) is 11.2 Å². The minimum absolute atomic E-state index is 0.304. The molecule has 0 atom stereocenters. The highest BCUT2D eigenvalue weighted by Crippen LogP contribution is 2.33. The van der Waals surface area contributed by atoms with Gasteiger partial charge in [-0.2, -0.15) is 14.5 Å². The number of pyridine rings is 1. The molecule has 4 rings (SSSR count). The molecule has 0 saturated carbocycles. The van der Waals surface area contributed by atoms with Crippen molar-refractivity contribution in [2.45, 2.75) is 37.5 Å². The minimum Gasteiger partial charge on any atom is -0.274 e. The van der Waals surface area contributed by atoms with Gasteiger partial charge in [-0.25, -0.2) is 17.9 Å². The predicted octanol–water partition coefficient (Wildman–Crippen LogP) is 1.65. The summed E-state index contributed by atoms with van der Waals surface area (Å²) in [7, 11) is -1.75. The lowest BCUT2D eigenvalue weighted by Crippen LogP contribution is -2.38. The molecular weight excluding hydrogens is 352 g/mol. The number of hydrogen-bond acceptors (Lipinski definition) is 5. The fourth-order valence-electron chi connectivity index (χ4n) is 3.78. The SMILES string of the molecule is Cc1cc2ncnn2cc1C1CCN(S(=O)(=O)c2cn(C)nc2C)CC1. The molecule has 138 valence electrons. The van der Waals surface area contributed by atoms with Gasteiger partial charge in [0.2, 0.25) is 10.0 Å². The number of fused-ring (bicyclic) bond motifs is 1. The zero-order chi connectivity index (χ0) is 18.5. The van der Waals surface area contributed by atoms with Gasteiger partial charge in [-0.3, -0.25) is 4.68 Å². The average molecular weight is 374 g/mol. The Labute approximate surface area is 152 Å². The van der Waals surface area contributed by atoms with E-state index in [0.29, 0.717) is 29.6 Å². The monoisotopic (exact) mass is 374 g/mol. The lowest BCUT2D eigenvalue weighted by Gasteiger charge is -2.31. The van der Waals surface area contributed by atoms with Crippen LogP contribution in [-0.2, 0) is 17.1 Å². The van der Waals surface area contributed by atoms with Gasteiger partial charge in [-0.15, -0.1) is 0 Å². The van der Waals surface area contributed by atoms with E-state index in [1.54, 1.807) is 40.0 Å². The van der Waals surface area contributed by atoms with Crippen LogP contribution in [0.3, 0.4) is 0 Å². The summed E-state index contributed by atoms with van der Waals surface area (Å²) >= 11 is 0. The number of sulfonamides is 1. The fraction of sp³-hybridized carbons (Fsp3) is 0.471. The molecule has 0 aromatic carbocycles. The van der Waals surface area contributed by atoms with Gasteiger partial charge < -0.3 is 0 Å². The van der Waals surface area contributed by atoms with Gasteiger partial charge in [-0.05, 0) is 49.8 Å². The standard InChI is InChI=1S/C17H22N6O2S/c1-12-8-17-18-11-19-23(17)9-15(12)14-4-6-22(7-5-14)26(24,25)16-10-21(3)20-13(16)2/h8-11,14H,4-7H2,1-3H3. The molecule has 0 N–H and O–H groups in total. The molecule has 1 fully saturated rings. The molecule has 9 heteroatoms. The van der Waals surface area contributed by atoms with Gasteiger partial charge in [0.05, 0.1) is 5.69 Å². The Hall–Kier alpha value is -2.26. The van der Waals surface area contributed by atoms with Crippen molar-refractivity contribution >= 4 is 15.7 Å². The van der Waals surface area contributed by atoms with Crippen molar-refractivity contribution in [3.63, 3.8) is 0 Å². The Morgan fingerprint density at radius 3 is 2.54 bits per heavy atom. The van der Waals surface area contributed by atoms with Crippen LogP contribution in [0.4, 0.5) is 0 Å². The Kier molecular flexibility index (Phi) is 4.07. The quantitative estimate of drug-likeness (QED) is 0.696. The van der Waals surface area contributed by atoms with Gasteiger partial charge in [0.25, 0.3) is 0 Å². The molecule has 26 heavy (non-hydrogen) atoms. The van der Waals surface area contributed by atoms with Gasteiger partial charge in [-0.1, -0.05) is 0 Å². The van der Waals surface area contributed by atoms with Gasteiger partial charge >= 0.3 is 0 Å². The largest absolute Gasteiger partial charge is 0.274 e. The number of aromatic nitrogens is 5. The van der Waals surface area contributed by atoms with Crippen LogP contribution >= 0.6 is 0 Å². The normalized spacial score (nSPS) is 17.2. The van der Waals surface area contributed by atoms with Crippen molar-refractivity contribution in [3.8, 4) is 0 Å². The van der Waals surface area contributed by atoms with Gasteiger partial charge in [0, 0.05) is 32.5 Å². The van der Waals surface area contributed by atoms with Crippen molar-refractivity contribution in [2.75, 3.05) is 13.1 Å².